The quantitative estimate of drug-likeness (QED) is 0.139. The lowest BCUT2D eigenvalue weighted by Crippen LogP contribution is -2.39. The molecule has 3 heterocycles. The van der Waals surface area contributed by atoms with E-state index in [1.807, 2.05) is 89.8 Å². The summed E-state index contributed by atoms with van der Waals surface area (Å²) in [5.41, 5.74) is 1.91. The zero-order valence-corrected chi connectivity index (χ0v) is 24.8. The zero-order valence-electron chi connectivity index (χ0n) is 21.6. The van der Waals surface area contributed by atoms with Gasteiger partial charge in [0.15, 0.2) is 10.1 Å². The molecule has 0 radical (unpaired) electrons. The van der Waals surface area contributed by atoms with E-state index >= 15 is 0 Å². The summed E-state index contributed by atoms with van der Waals surface area (Å²) in [5, 5.41) is 4.57. The summed E-state index contributed by atoms with van der Waals surface area (Å²) in [6.07, 6.45) is 5.35. The first-order valence-corrected chi connectivity index (χ1v) is 17.4. The molecule has 0 amide bonds. The highest BCUT2D eigenvalue weighted by Crippen LogP contribution is 2.48. The SMILES string of the molecule is O=S(=O)([O-])CN1C(=Cc2sc3ccc4c5ccccc5ccc4c3[n+]2CS(=O)(=O)[O-])Sc2ccc(-n3cccc3)cc21. The van der Waals surface area contributed by atoms with E-state index in [1.54, 1.807) is 12.1 Å². The van der Waals surface area contributed by atoms with Crippen LogP contribution in [0, 0.1) is 0 Å². The van der Waals surface area contributed by atoms with Crippen molar-refractivity contribution >= 4 is 86.9 Å². The first-order chi connectivity index (χ1) is 20.0. The number of hydrogen-bond donors (Lipinski definition) is 0. The van der Waals surface area contributed by atoms with Gasteiger partial charge in [-0.25, -0.2) is 16.8 Å². The Kier molecular flexibility index (Phi) is 6.42. The lowest BCUT2D eigenvalue weighted by Gasteiger charge is -2.22. The van der Waals surface area contributed by atoms with Crippen LogP contribution in [0.2, 0.25) is 0 Å². The topological polar surface area (TPSA) is 126 Å². The fourth-order valence-corrected chi connectivity index (χ4v) is 8.96. The highest BCUT2D eigenvalue weighted by Gasteiger charge is 2.31. The van der Waals surface area contributed by atoms with Crippen molar-refractivity contribution in [3.05, 3.63) is 101 Å². The molecule has 13 heteroatoms. The molecule has 0 unspecified atom stereocenters. The minimum atomic E-state index is -4.71. The minimum absolute atomic E-state index is 0.424. The van der Waals surface area contributed by atoms with Crippen LogP contribution in [-0.2, 0) is 26.1 Å². The van der Waals surface area contributed by atoms with Crippen molar-refractivity contribution in [1.82, 2.24) is 4.57 Å². The van der Waals surface area contributed by atoms with Gasteiger partial charge in [0.1, 0.15) is 20.7 Å². The van der Waals surface area contributed by atoms with Gasteiger partial charge < -0.3 is 18.6 Å². The van der Waals surface area contributed by atoms with E-state index < -0.39 is 32.0 Å². The van der Waals surface area contributed by atoms with Gasteiger partial charge in [0, 0.05) is 23.0 Å². The molecule has 42 heavy (non-hydrogen) atoms. The Morgan fingerprint density at radius 2 is 1.57 bits per heavy atom. The molecule has 1 aliphatic rings. The number of thiazole rings is 1. The average molecular weight is 635 g/mol. The molecule has 1 aliphatic heterocycles. The summed E-state index contributed by atoms with van der Waals surface area (Å²) in [6, 6.07) is 24.9. The van der Waals surface area contributed by atoms with Crippen molar-refractivity contribution in [1.29, 1.82) is 0 Å². The van der Waals surface area contributed by atoms with Crippen LogP contribution in [0.1, 0.15) is 5.01 Å². The maximum absolute atomic E-state index is 12.1. The van der Waals surface area contributed by atoms with E-state index in [0.717, 1.165) is 36.8 Å². The number of aromatic nitrogens is 2. The van der Waals surface area contributed by atoms with Crippen molar-refractivity contribution in [2.75, 3.05) is 10.8 Å². The van der Waals surface area contributed by atoms with Gasteiger partial charge in [-0.15, -0.1) is 0 Å². The third-order valence-electron chi connectivity index (χ3n) is 7.05. The van der Waals surface area contributed by atoms with Crippen LogP contribution in [0.25, 0.3) is 43.5 Å². The van der Waals surface area contributed by atoms with E-state index in [4.69, 9.17) is 0 Å². The minimum Gasteiger partial charge on any atom is -0.747 e. The van der Waals surface area contributed by atoms with Crippen molar-refractivity contribution < 1.29 is 30.5 Å². The average Bonchev–Trinajstić information content (AvgIpc) is 3.66. The maximum atomic E-state index is 12.1. The third kappa shape index (κ3) is 4.97. The maximum Gasteiger partial charge on any atom is 0.266 e. The van der Waals surface area contributed by atoms with Gasteiger partial charge in [-0.1, -0.05) is 59.5 Å². The summed E-state index contributed by atoms with van der Waals surface area (Å²) < 4.78 is 76.5. The predicted octanol–water partition coefficient (Wildman–Crippen LogP) is 5.20. The van der Waals surface area contributed by atoms with Crippen LogP contribution in [0.4, 0.5) is 5.69 Å². The fraction of sp³-hybridized carbons (Fsp3) is 0.0690. The predicted molar refractivity (Wildman–Crippen MR) is 163 cm³/mol. The Morgan fingerprint density at radius 3 is 2.33 bits per heavy atom. The molecular formula is C29H20N3O6S4-. The Balaban J connectivity index is 1.44. The van der Waals surface area contributed by atoms with E-state index in [0.29, 0.717) is 21.2 Å². The smallest absolute Gasteiger partial charge is 0.266 e. The summed E-state index contributed by atoms with van der Waals surface area (Å²) in [6.45, 7) is 0. The second-order valence-electron chi connectivity index (χ2n) is 9.79. The Morgan fingerprint density at radius 1 is 0.810 bits per heavy atom. The zero-order chi connectivity index (χ0) is 29.2. The molecule has 0 spiro atoms. The van der Waals surface area contributed by atoms with E-state index in [2.05, 4.69) is 0 Å². The highest BCUT2D eigenvalue weighted by atomic mass is 32.2. The molecule has 2 aromatic heterocycles. The molecule has 0 saturated heterocycles. The molecular weight excluding hydrogens is 615 g/mol. The monoisotopic (exact) mass is 634 g/mol. The molecule has 0 N–H and O–H groups in total. The second kappa shape index (κ2) is 9.93. The molecule has 4 aromatic carbocycles. The van der Waals surface area contributed by atoms with Gasteiger partial charge in [0.25, 0.3) is 5.01 Å². The van der Waals surface area contributed by atoms with Crippen LogP contribution in [-0.4, -0.2) is 36.4 Å². The van der Waals surface area contributed by atoms with Crippen LogP contribution < -0.4 is 9.47 Å². The Hall–Kier alpha value is -3.72. The largest absolute Gasteiger partial charge is 0.747 e. The Bertz CT molecular complexity index is 2290. The molecule has 0 aliphatic carbocycles. The summed E-state index contributed by atoms with van der Waals surface area (Å²) in [7, 11) is -9.40. The van der Waals surface area contributed by atoms with Crippen molar-refractivity contribution in [3.63, 3.8) is 0 Å². The number of benzene rings is 4. The summed E-state index contributed by atoms with van der Waals surface area (Å²) >= 11 is 2.55. The van der Waals surface area contributed by atoms with Crippen LogP contribution >= 0.6 is 23.1 Å². The molecule has 212 valence electrons. The van der Waals surface area contributed by atoms with Crippen molar-refractivity contribution in [3.8, 4) is 5.69 Å². The van der Waals surface area contributed by atoms with Gasteiger partial charge in [-0.2, -0.15) is 4.57 Å². The molecule has 0 atom stereocenters. The van der Waals surface area contributed by atoms with E-state index in [9.17, 15) is 25.9 Å². The normalized spacial score (nSPS) is 14.9. The fourth-order valence-electron chi connectivity index (χ4n) is 5.35. The number of rotatable bonds is 6. The van der Waals surface area contributed by atoms with Gasteiger partial charge >= 0.3 is 0 Å². The van der Waals surface area contributed by atoms with Gasteiger partial charge in [-0.05, 0) is 58.6 Å². The number of thioether (sulfide) groups is 1. The number of hydrogen-bond acceptors (Lipinski definition) is 9. The molecule has 7 rings (SSSR count). The molecule has 0 saturated carbocycles. The third-order valence-corrected chi connectivity index (χ3v) is 10.4. The number of nitrogens with zero attached hydrogens (tertiary/aromatic N) is 3. The van der Waals surface area contributed by atoms with Gasteiger partial charge in [0.05, 0.1) is 22.2 Å². The molecule has 0 fully saturated rings. The lowest BCUT2D eigenvalue weighted by molar-refractivity contribution is -0.648. The standard InChI is InChI=1S/C29H21N3O6S4/c33-41(34,35)17-31-24-15-20(30-13-3-4-14-30)8-11-25(24)39-27(31)16-28-32(18-42(36,37)38)29-23-9-7-19-5-1-2-6-21(19)22(23)10-12-26(29)40-28/h1-16H,17-18H2,(H-,33,34,35,36,37,38)/p-1. The number of fused-ring (bicyclic) bond motifs is 6. The summed E-state index contributed by atoms with van der Waals surface area (Å²) in [5.74, 6) is -1.62. The van der Waals surface area contributed by atoms with Crippen molar-refractivity contribution in [2.24, 2.45) is 0 Å². The van der Waals surface area contributed by atoms with Crippen LogP contribution in [0.5, 0.6) is 0 Å². The Labute approximate surface area is 249 Å². The second-order valence-corrected chi connectivity index (χ2v) is 14.7. The van der Waals surface area contributed by atoms with Gasteiger partial charge in [-0.3, -0.25) is 0 Å². The molecule has 0 bridgehead atoms. The van der Waals surface area contributed by atoms with E-state index in [1.165, 1.54) is 32.6 Å². The lowest BCUT2D eigenvalue weighted by atomic mass is 10.0. The number of anilines is 1. The van der Waals surface area contributed by atoms with Crippen molar-refractivity contribution in [2.45, 2.75) is 10.8 Å². The highest BCUT2D eigenvalue weighted by molar-refractivity contribution is 8.04. The molecule has 9 nitrogen and oxygen atoms in total. The van der Waals surface area contributed by atoms with Crippen LogP contribution in [0.3, 0.4) is 0 Å². The first kappa shape index (κ1) is 27.1. The van der Waals surface area contributed by atoms with E-state index in [-0.39, 0.29) is 0 Å². The first-order valence-electron chi connectivity index (χ1n) is 12.6. The van der Waals surface area contributed by atoms with Gasteiger partial charge in [0.2, 0.25) is 11.4 Å². The molecule has 6 aromatic rings. The van der Waals surface area contributed by atoms with Crippen LogP contribution in [0.15, 0.2) is 101 Å². The summed E-state index contributed by atoms with van der Waals surface area (Å²) in [4.78, 5) is 2.16.